The molecule has 8 heteroatoms. The number of nitrogens with one attached hydrogen (secondary N) is 1. The summed E-state index contributed by atoms with van der Waals surface area (Å²) in [5.74, 6) is -0.0419. The smallest absolute Gasteiger partial charge is 0.291 e. The average molecular weight is 402 g/mol. The van der Waals surface area contributed by atoms with Crippen LogP contribution in [0.25, 0.3) is 5.69 Å². The van der Waals surface area contributed by atoms with E-state index in [2.05, 4.69) is 15.4 Å². The van der Waals surface area contributed by atoms with Gasteiger partial charge in [0.1, 0.15) is 11.6 Å². The lowest BCUT2D eigenvalue weighted by Crippen LogP contribution is -2.35. The number of hydrogen-bond donors (Lipinski definition) is 1. The fourth-order valence-electron chi connectivity index (χ4n) is 2.89. The van der Waals surface area contributed by atoms with Crippen LogP contribution in [0.4, 0.5) is 4.39 Å². The zero-order valence-corrected chi connectivity index (χ0v) is 16.6. The summed E-state index contributed by atoms with van der Waals surface area (Å²) in [7, 11) is 3.75. The van der Waals surface area contributed by atoms with E-state index in [9.17, 15) is 9.18 Å². The van der Waals surface area contributed by atoms with Crippen molar-refractivity contribution in [2.75, 3.05) is 20.6 Å². The highest BCUT2D eigenvalue weighted by Crippen LogP contribution is 2.18. The van der Waals surface area contributed by atoms with Crippen molar-refractivity contribution in [1.29, 1.82) is 0 Å². The van der Waals surface area contributed by atoms with Gasteiger partial charge in [0.2, 0.25) is 5.82 Å². The molecule has 0 spiro atoms. The molecule has 2 aromatic carbocycles. The van der Waals surface area contributed by atoms with Crippen molar-refractivity contribution in [2.45, 2.75) is 13.0 Å². The van der Waals surface area contributed by atoms with Crippen LogP contribution in [0.2, 0.25) is 5.02 Å². The van der Waals surface area contributed by atoms with Gasteiger partial charge in [-0.05, 0) is 63.0 Å². The van der Waals surface area contributed by atoms with Crippen molar-refractivity contribution >= 4 is 17.5 Å². The molecule has 3 rings (SSSR count). The molecule has 1 N–H and O–H groups in total. The number of hydrogen-bond acceptors (Lipinski definition) is 4. The topological polar surface area (TPSA) is 63.1 Å². The van der Waals surface area contributed by atoms with Crippen molar-refractivity contribution in [3.63, 3.8) is 0 Å². The average Bonchev–Trinajstić information content (AvgIpc) is 3.04. The molecule has 1 aromatic heterocycles. The van der Waals surface area contributed by atoms with Crippen molar-refractivity contribution in [3.05, 3.63) is 76.6 Å². The number of nitrogens with zero attached hydrogens (tertiary/aromatic N) is 4. The molecule has 1 heterocycles. The van der Waals surface area contributed by atoms with Gasteiger partial charge in [0, 0.05) is 11.6 Å². The summed E-state index contributed by atoms with van der Waals surface area (Å²) in [5.41, 5.74) is 1.54. The zero-order valence-electron chi connectivity index (χ0n) is 15.9. The number of rotatable bonds is 6. The normalized spacial score (nSPS) is 12.2. The van der Waals surface area contributed by atoms with Crippen molar-refractivity contribution < 1.29 is 9.18 Å². The Morgan fingerprint density at radius 1 is 1.25 bits per heavy atom. The van der Waals surface area contributed by atoms with Crippen LogP contribution in [0, 0.1) is 12.7 Å². The Morgan fingerprint density at radius 3 is 2.61 bits per heavy atom. The SMILES string of the molecule is Cc1nc(C(=O)NC[C@@H](c2cccc(F)c2)N(C)C)nn1-c1ccc(Cl)cc1. The van der Waals surface area contributed by atoms with Gasteiger partial charge in [-0.1, -0.05) is 23.7 Å². The standard InChI is InChI=1S/C20H21ClFN5O/c1-13-24-19(25-27(13)17-9-7-15(21)8-10-17)20(28)23-12-18(26(2)3)14-5-4-6-16(22)11-14/h4-11,18H,12H2,1-3H3,(H,23,28)/t18-/m0/s1. The number of carbonyl (C=O) groups excluding carboxylic acids is 1. The van der Waals surface area contributed by atoms with Crippen LogP contribution in [0.3, 0.4) is 0 Å². The van der Waals surface area contributed by atoms with Gasteiger partial charge in [0.15, 0.2) is 0 Å². The number of likely N-dealkylation sites (N-methyl/N-ethyl adjacent to an activating group) is 1. The molecule has 0 fully saturated rings. The molecule has 0 aliphatic rings. The number of aromatic nitrogens is 3. The maximum atomic E-state index is 13.6. The van der Waals surface area contributed by atoms with E-state index < -0.39 is 0 Å². The van der Waals surface area contributed by atoms with E-state index in [0.29, 0.717) is 17.4 Å². The summed E-state index contributed by atoms with van der Waals surface area (Å²) in [6.45, 7) is 2.07. The zero-order chi connectivity index (χ0) is 20.3. The van der Waals surface area contributed by atoms with E-state index >= 15 is 0 Å². The Balaban J connectivity index is 1.74. The summed E-state index contributed by atoms with van der Waals surface area (Å²) in [6, 6.07) is 13.3. The summed E-state index contributed by atoms with van der Waals surface area (Å²) in [6.07, 6.45) is 0. The van der Waals surface area contributed by atoms with Gasteiger partial charge >= 0.3 is 0 Å². The first-order chi connectivity index (χ1) is 13.3. The largest absolute Gasteiger partial charge is 0.347 e. The second kappa shape index (κ2) is 8.50. The molecular formula is C20H21ClFN5O. The molecular weight excluding hydrogens is 381 g/mol. The maximum absolute atomic E-state index is 13.6. The minimum absolute atomic E-state index is 0.0733. The monoisotopic (exact) mass is 401 g/mol. The Labute approximate surface area is 168 Å². The molecule has 0 radical (unpaired) electrons. The van der Waals surface area contributed by atoms with E-state index in [1.165, 1.54) is 12.1 Å². The first kappa shape index (κ1) is 20.0. The van der Waals surface area contributed by atoms with Gasteiger partial charge in [-0.25, -0.2) is 14.1 Å². The molecule has 0 unspecified atom stereocenters. The van der Waals surface area contributed by atoms with Crippen LogP contribution < -0.4 is 5.32 Å². The highest BCUT2D eigenvalue weighted by atomic mass is 35.5. The lowest BCUT2D eigenvalue weighted by molar-refractivity contribution is 0.0931. The molecule has 0 bridgehead atoms. The van der Waals surface area contributed by atoms with Gasteiger partial charge < -0.3 is 10.2 Å². The lowest BCUT2D eigenvalue weighted by atomic mass is 10.1. The number of amides is 1. The Morgan fingerprint density at radius 2 is 1.96 bits per heavy atom. The van der Waals surface area contributed by atoms with Crippen LogP contribution in [0.1, 0.15) is 28.0 Å². The number of aryl methyl sites for hydroxylation is 1. The predicted octanol–water partition coefficient (Wildman–Crippen LogP) is 3.40. The molecule has 0 aliphatic heterocycles. The van der Waals surface area contributed by atoms with E-state index in [-0.39, 0.29) is 23.6 Å². The second-order valence-electron chi connectivity index (χ2n) is 6.62. The quantitative estimate of drug-likeness (QED) is 0.687. The minimum Gasteiger partial charge on any atom is -0.347 e. The summed E-state index contributed by atoms with van der Waals surface area (Å²) in [4.78, 5) is 18.7. The van der Waals surface area contributed by atoms with Crippen LogP contribution >= 0.6 is 11.6 Å². The number of benzene rings is 2. The van der Waals surface area contributed by atoms with E-state index in [0.717, 1.165) is 11.3 Å². The highest BCUT2D eigenvalue weighted by molar-refractivity contribution is 6.30. The molecule has 0 saturated carbocycles. The van der Waals surface area contributed by atoms with Gasteiger partial charge in [-0.3, -0.25) is 4.79 Å². The molecule has 1 amide bonds. The molecule has 28 heavy (non-hydrogen) atoms. The van der Waals surface area contributed by atoms with E-state index in [4.69, 9.17) is 11.6 Å². The van der Waals surface area contributed by atoms with Gasteiger partial charge in [-0.15, -0.1) is 5.10 Å². The first-order valence-corrected chi connectivity index (χ1v) is 9.12. The third-order valence-corrected chi connectivity index (χ3v) is 4.61. The lowest BCUT2D eigenvalue weighted by Gasteiger charge is -2.24. The second-order valence-corrected chi connectivity index (χ2v) is 7.05. The third kappa shape index (κ3) is 4.55. The summed E-state index contributed by atoms with van der Waals surface area (Å²) < 4.78 is 15.1. The predicted molar refractivity (Wildman–Crippen MR) is 106 cm³/mol. The van der Waals surface area contributed by atoms with Gasteiger partial charge in [0.05, 0.1) is 11.7 Å². The molecule has 0 saturated heterocycles. The highest BCUT2D eigenvalue weighted by Gasteiger charge is 2.19. The van der Waals surface area contributed by atoms with Crippen molar-refractivity contribution in [1.82, 2.24) is 25.0 Å². The number of halogens is 2. The van der Waals surface area contributed by atoms with Crippen LogP contribution in [-0.4, -0.2) is 46.2 Å². The Hall–Kier alpha value is -2.77. The van der Waals surface area contributed by atoms with Gasteiger partial charge in [-0.2, -0.15) is 0 Å². The Kier molecular flexibility index (Phi) is 6.06. The first-order valence-electron chi connectivity index (χ1n) is 8.75. The van der Waals surface area contributed by atoms with Crippen molar-refractivity contribution in [2.24, 2.45) is 0 Å². The Bertz CT molecular complexity index is 971. The minimum atomic E-state index is -0.390. The van der Waals surface area contributed by atoms with Gasteiger partial charge in [0.25, 0.3) is 5.91 Å². The fourth-order valence-corrected chi connectivity index (χ4v) is 3.02. The van der Waals surface area contributed by atoms with Crippen LogP contribution in [0.15, 0.2) is 48.5 Å². The third-order valence-electron chi connectivity index (χ3n) is 4.36. The fraction of sp³-hybridized carbons (Fsp3) is 0.250. The molecule has 146 valence electrons. The summed E-state index contributed by atoms with van der Waals surface area (Å²) >= 11 is 5.91. The molecule has 0 aliphatic carbocycles. The van der Waals surface area contributed by atoms with Crippen molar-refractivity contribution in [3.8, 4) is 5.69 Å². The summed E-state index contributed by atoms with van der Waals surface area (Å²) in [5, 5.41) is 7.75. The molecule has 3 aromatic rings. The van der Waals surface area contributed by atoms with E-state index in [1.54, 1.807) is 41.9 Å². The van der Waals surface area contributed by atoms with Crippen LogP contribution in [-0.2, 0) is 0 Å². The maximum Gasteiger partial charge on any atom is 0.291 e. The van der Waals surface area contributed by atoms with E-state index in [1.807, 2.05) is 25.1 Å². The molecule has 1 atom stereocenters. The van der Waals surface area contributed by atoms with Crippen LogP contribution in [0.5, 0.6) is 0 Å². The molecule has 6 nitrogen and oxygen atoms in total. The number of carbonyl (C=O) groups is 1.